The molecule has 18 heavy (non-hydrogen) atoms. The molecule has 1 aliphatic rings. The van der Waals surface area contributed by atoms with E-state index >= 15 is 0 Å². The second-order valence-corrected chi connectivity index (χ2v) is 4.79. The van der Waals surface area contributed by atoms with E-state index in [-0.39, 0.29) is 17.3 Å². The number of rotatable bonds is 3. The fourth-order valence-corrected chi connectivity index (χ4v) is 2.46. The number of ether oxygens (including phenoxy) is 1. The number of halogens is 1. The summed E-state index contributed by atoms with van der Waals surface area (Å²) in [5.74, 6) is 0.193. The van der Waals surface area contributed by atoms with Gasteiger partial charge in [-0.1, -0.05) is 23.9 Å². The van der Waals surface area contributed by atoms with E-state index in [1.54, 1.807) is 12.1 Å². The number of amides is 2. The highest BCUT2D eigenvalue weighted by Gasteiger charge is 2.33. The van der Waals surface area contributed by atoms with Gasteiger partial charge in [0.2, 0.25) is 6.17 Å². The van der Waals surface area contributed by atoms with E-state index in [0.717, 1.165) is 16.7 Å². The number of nitrogens with zero attached hydrogens (tertiary/aromatic N) is 1. The van der Waals surface area contributed by atoms with Gasteiger partial charge in [-0.15, -0.1) is 0 Å². The largest absolute Gasteiger partial charge is 0.497 e. The number of hydrogen-bond acceptors (Lipinski definition) is 4. The summed E-state index contributed by atoms with van der Waals surface area (Å²) in [6.07, 6.45) is -1.83. The van der Waals surface area contributed by atoms with Crippen molar-refractivity contribution in [3.63, 3.8) is 0 Å². The number of carbonyl (C=O) groups is 2. The molecular formula is C12H12FNO3S. The normalized spacial score (nSPS) is 16.8. The molecule has 0 aliphatic carbocycles. The standard InChI is InChI=1S/C12H12FNO3S/c1-17-9-4-2-3-8(7-9)10(13)11(15)14-5-6-18-12(14)16/h2-4,7,10H,5-6H2,1H3. The number of alkyl halides is 1. The molecule has 1 fully saturated rings. The van der Waals surface area contributed by atoms with E-state index in [2.05, 4.69) is 0 Å². The minimum Gasteiger partial charge on any atom is -0.497 e. The minimum absolute atomic E-state index is 0.198. The average Bonchev–Trinajstić information content (AvgIpc) is 2.83. The lowest BCUT2D eigenvalue weighted by Crippen LogP contribution is -2.33. The Bertz CT molecular complexity index is 480. The minimum atomic E-state index is -1.83. The van der Waals surface area contributed by atoms with Gasteiger partial charge in [-0.05, 0) is 17.7 Å². The summed E-state index contributed by atoms with van der Waals surface area (Å²) in [4.78, 5) is 24.1. The van der Waals surface area contributed by atoms with Crippen molar-refractivity contribution >= 4 is 22.9 Å². The van der Waals surface area contributed by atoms with Crippen LogP contribution in [-0.2, 0) is 4.79 Å². The Morgan fingerprint density at radius 3 is 2.94 bits per heavy atom. The lowest BCUT2D eigenvalue weighted by atomic mass is 10.1. The van der Waals surface area contributed by atoms with E-state index in [0.29, 0.717) is 11.5 Å². The van der Waals surface area contributed by atoms with Crippen LogP contribution in [-0.4, -0.2) is 35.5 Å². The quantitative estimate of drug-likeness (QED) is 0.845. The number of thioether (sulfide) groups is 1. The zero-order valence-electron chi connectivity index (χ0n) is 9.76. The third kappa shape index (κ3) is 2.48. The van der Waals surface area contributed by atoms with Crippen LogP contribution in [0.15, 0.2) is 24.3 Å². The van der Waals surface area contributed by atoms with Crippen molar-refractivity contribution in [2.24, 2.45) is 0 Å². The molecule has 1 saturated heterocycles. The SMILES string of the molecule is COc1cccc(C(F)C(=O)N2CCSC2=O)c1. The van der Waals surface area contributed by atoms with Gasteiger partial charge in [0, 0.05) is 12.3 Å². The number of carbonyl (C=O) groups excluding carboxylic acids is 2. The lowest BCUT2D eigenvalue weighted by Gasteiger charge is -2.16. The predicted molar refractivity (Wildman–Crippen MR) is 66.4 cm³/mol. The first-order valence-electron chi connectivity index (χ1n) is 5.39. The highest BCUT2D eigenvalue weighted by Crippen LogP contribution is 2.27. The van der Waals surface area contributed by atoms with Crippen molar-refractivity contribution in [3.8, 4) is 5.75 Å². The first-order chi connectivity index (χ1) is 8.63. The molecule has 1 atom stereocenters. The van der Waals surface area contributed by atoms with Gasteiger partial charge >= 0.3 is 0 Å². The number of benzene rings is 1. The second kappa shape index (κ2) is 5.39. The number of methoxy groups -OCH3 is 1. The van der Waals surface area contributed by atoms with E-state index in [4.69, 9.17) is 4.74 Å². The highest BCUT2D eigenvalue weighted by molar-refractivity contribution is 8.13. The van der Waals surface area contributed by atoms with Gasteiger partial charge in [0.05, 0.1) is 7.11 Å². The highest BCUT2D eigenvalue weighted by atomic mass is 32.2. The second-order valence-electron chi connectivity index (χ2n) is 3.74. The maximum atomic E-state index is 14.1. The molecule has 2 amide bonds. The Balaban J connectivity index is 2.17. The van der Waals surface area contributed by atoms with Crippen LogP contribution < -0.4 is 4.74 Å². The van der Waals surface area contributed by atoms with Gasteiger partial charge < -0.3 is 4.74 Å². The number of hydrogen-bond donors (Lipinski definition) is 0. The van der Waals surface area contributed by atoms with Crippen LogP contribution in [0.2, 0.25) is 0 Å². The molecule has 1 heterocycles. The topological polar surface area (TPSA) is 46.6 Å². The van der Waals surface area contributed by atoms with Gasteiger partial charge in [-0.3, -0.25) is 14.5 Å². The van der Waals surface area contributed by atoms with Crippen LogP contribution in [0.4, 0.5) is 9.18 Å². The molecule has 0 bridgehead atoms. The zero-order chi connectivity index (χ0) is 13.1. The first kappa shape index (κ1) is 12.9. The molecule has 0 radical (unpaired) electrons. The van der Waals surface area contributed by atoms with Crippen molar-refractivity contribution in [3.05, 3.63) is 29.8 Å². The van der Waals surface area contributed by atoms with Gasteiger partial charge in [0.15, 0.2) is 0 Å². The van der Waals surface area contributed by atoms with Gasteiger partial charge in [0.25, 0.3) is 11.1 Å². The molecular weight excluding hydrogens is 257 g/mol. The molecule has 2 rings (SSSR count). The molecule has 0 aromatic heterocycles. The van der Waals surface area contributed by atoms with E-state index in [1.165, 1.54) is 19.2 Å². The monoisotopic (exact) mass is 269 g/mol. The first-order valence-corrected chi connectivity index (χ1v) is 6.38. The van der Waals surface area contributed by atoms with Crippen LogP contribution in [0.3, 0.4) is 0 Å². The smallest absolute Gasteiger partial charge is 0.288 e. The Labute approximate surface area is 108 Å². The molecule has 1 unspecified atom stereocenters. The van der Waals surface area contributed by atoms with E-state index < -0.39 is 12.1 Å². The average molecular weight is 269 g/mol. The van der Waals surface area contributed by atoms with Crippen molar-refractivity contribution in [1.82, 2.24) is 4.90 Å². The summed E-state index contributed by atoms with van der Waals surface area (Å²) in [5, 5.41) is -0.384. The Hall–Kier alpha value is -1.56. The molecule has 96 valence electrons. The predicted octanol–water partition coefficient (Wildman–Crippen LogP) is 2.40. The van der Waals surface area contributed by atoms with Crippen molar-refractivity contribution in [1.29, 1.82) is 0 Å². The van der Waals surface area contributed by atoms with Crippen molar-refractivity contribution in [2.45, 2.75) is 6.17 Å². The molecule has 0 N–H and O–H groups in total. The Morgan fingerprint density at radius 1 is 1.56 bits per heavy atom. The number of imide groups is 1. The third-order valence-electron chi connectivity index (χ3n) is 2.63. The van der Waals surface area contributed by atoms with Crippen molar-refractivity contribution in [2.75, 3.05) is 19.4 Å². The molecule has 0 saturated carbocycles. The van der Waals surface area contributed by atoms with Crippen molar-refractivity contribution < 1.29 is 18.7 Å². The maximum Gasteiger partial charge on any atom is 0.288 e. The lowest BCUT2D eigenvalue weighted by molar-refractivity contribution is -0.132. The summed E-state index contributed by atoms with van der Waals surface area (Å²) in [5.41, 5.74) is 0.198. The summed E-state index contributed by atoms with van der Waals surface area (Å²) < 4.78 is 19.0. The Morgan fingerprint density at radius 2 is 2.33 bits per heavy atom. The van der Waals surface area contributed by atoms with Crippen LogP contribution >= 0.6 is 11.8 Å². The molecule has 1 aromatic rings. The molecule has 4 nitrogen and oxygen atoms in total. The zero-order valence-corrected chi connectivity index (χ0v) is 10.6. The fraction of sp³-hybridized carbons (Fsp3) is 0.333. The Kier molecular flexibility index (Phi) is 3.86. The van der Waals surface area contributed by atoms with Gasteiger partial charge in [-0.25, -0.2) is 4.39 Å². The summed E-state index contributed by atoms with van der Waals surface area (Å²) in [7, 11) is 1.47. The fourth-order valence-electron chi connectivity index (χ4n) is 1.67. The maximum absolute atomic E-state index is 14.1. The molecule has 6 heteroatoms. The van der Waals surface area contributed by atoms with Gasteiger partial charge in [0.1, 0.15) is 5.75 Å². The van der Waals surface area contributed by atoms with Gasteiger partial charge in [-0.2, -0.15) is 0 Å². The summed E-state index contributed by atoms with van der Waals surface area (Å²) >= 11 is 1.03. The molecule has 1 aliphatic heterocycles. The van der Waals surface area contributed by atoms with E-state index in [1.807, 2.05) is 0 Å². The summed E-state index contributed by atoms with van der Waals surface area (Å²) in [6, 6.07) is 6.22. The van der Waals surface area contributed by atoms with Crippen LogP contribution in [0.25, 0.3) is 0 Å². The third-order valence-corrected chi connectivity index (χ3v) is 3.48. The van der Waals surface area contributed by atoms with Crippen LogP contribution in [0.1, 0.15) is 11.7 Å². The molecule has 1 aromatic carbocycles. The molecule has 0 spiro atoms. The summed E-state index contributed by atoms with van der Waals surface area (Å²) in [6.45, 7) is 0.271. The van der Waals surface area contributed by atoms with Crippen LogP contribution in [0.5, 0.6) is 5.75 Å². The van der Waals surface area contributed by atoms with Crippen LogP contribution in [0, 0.1) is 0 Å². The van der Waals surface area contributed by atoms with E-state index in [9.17, 15) is 14.0 Å².